The number of benzene rings is 1. The molecule has 1 fully saturated rings. The van der Waals surface area contributed by atoms with Crippen LogP contribution in [0.5, 0.6) is 0 Å². The Hall–Kier alpha value is -1.60. The van der Waals surface area contributed by atoms with Gasteiger partial charge in [0.15, 0.2) is 0 Å². The van der Waals surface area contributed by atoms with Crippen LogP contribution in [0.15, 0.2) is 29.2 Å². The van der Waals surface area contributed by atoms with Gasteiger partial charge in [0.05, 0.1) is 4.90 Å². The van der Waals surface area contributed by atoms with E-state index in [2.05, 4.69) is 17.6 Å². The van der Waals surface area contributed by atoms with Gasteiger partial charge in [0.1, 0.15) is 0 Å². The first kappa shape index (κ1) is 18.7. The minimum absolute atomic E-state index is 0.177. The summed E-state index contributed by atoms with van der Waals surface area (Å²) in [6.45, 7) is 2.33. The van der Waals surface area contributed by atoms with E-state index in [-0.39, 0.29) is 23.5 Å². The van der Waals surface area contributed by atoms with Crippen molar-refractivity contribution in [2.24, 2.45) is 5.92 Å². The second-order valence-electron chi connectivity index (χ2n) is 6.59. The van der Waals surface area contributed by atoms with Gasteiger partial charge in [-0.3, -0.25) is 0 Å². The molecule has 2 atom stereocenters. The van der Waals surface area contributed by atoms with Gasteiger partial charge in [0.2, 0.25) is 10.0 Å². The lowest BCUT2D eigenvalue weighted by Gasteiger charge is -2.29. The van der Waals surface area contributed by atoms with Crippen molar-refractivity contribution in [2.75, 3.05) is 14.1 Å². The molecule has 6 nitrogen and oxygen atoms in total. The Morgan fingerprint density at radius 2 is 1.88 bits per heavy atom. The molecule has 0 aromatic heterocycles. The Bertz CT molecular complexity index is 673. The molecule has 2 N–H and O–H groups in total. The molecular formula is C17H27N3O3S. The zero-order valence-electron chi connectivity index (χ0n) is 14.6. The Morgan fingerprint density at radius 3 is 2.54 bits per heavy atom. The molecule has 1 aromatic carbocycles. The van der Waals surface area contributed by atoms with Gasteiger partial charge >= 0.3 is 6.03 Å². The Balaban J connectivity index is 2.01. The monoisotopic (exact) mass is 353 g/mol. The van der Waals surface area contributed by atoms with Crippen molar-refractivity contribution < 1.29 is 13.2 Å². The summed E-state index contributed by atoms with van der Waals surface area (Å²) in [6, 6.07) is 6.69. The average Bonchev–Trinajstić information content (AvgIpc) is 2.55. The maximum absolute atomic E-state index is 12.4. The van der Waals surface area contributed by atoms with Crippen LogP contribution in [0.25, 0.3) is 0 Å². The van der Waals surface area contributed by atoms with E-state index in [4.69, 9.17) is 0 Å². The molecule has 7 heteroatoms. The van der Waals surface area contributed by atoms with Gasteiger partial charge in [0.25, 0.3) is 0 Å². The van der Waals surface area contributed by atoms with Crippen molar-refractivity contribution in [3.63, 3.8) is 0 Å². The number of sulfonamides is 1. The smallest absolute Gasteiger partial charge is 0.315 e. The Morgan fingerprint density at radius 1 is 1.21 bits per heavy atom. The van der Waals surface area contributed by atoms with Crippen LogP contribution in [0.3, 0.4) is 0 Å². The van der Waals surface area contributed by atoms with E-state index in [9.17, 15) is 13.2 Å². The lowest BCUT2D eigenvalue weighted by atomic mass is 9.86. The van der Waals surface area contributed by atoms with Crippen molar-refractivity contribution in [3.8, 4) is 0 Å². The molecule has 0 radical (unpaired) electrons. The molecule has 1 aliphatic rings. The fourth-order valence-electron chi connectivity index (χ4n) is 3.02. The van der Waals surface area contributed by atoms with Crippen LogP contribution >= 0.6 is 0 Å². The first-order valence-electron chi connectivity index (χ1n) is 8.37. The summed E-state index contributed by atoms with van der Waals surface area (Å²) >= 11 is 0. The van der Waals surface area contributed by atoms with E-state index in [0.717, 1.165) is 19.3 Å². The number of urea groups is 1. The fourth-order valence-corrected chi connectivity index (χ4v) is 4.14. The molecule has 1 saturated carbocycles. The predicted octanol–water partition coefficient (Wildman–Crippen LogP) is 2.31. The first-order valence-corrected chi connectivity index (χ1v) is 9.81. The van der Waals surface area contributed by atoms with Crippen molar-refractivity contribution in [3.05, 3.63) is 29.8 Å². The topological polar surface area (TPSA) is 78.5 Å². The molecule has 0 spiro atoms. The van der Waals surface area contributed by atoms with Crippen LogP contribution < -0.4 is 10.6 Å². The van der Waals surface area contributed by atoms with Crippen molar-refractivity contribution in [1.82, 2.24) is 14.9 Å². The summed E-state index contributed by atoms with van der Waals surface area (Å²) < 4.78 is 25.9. The van der Waals surface area contributed by atoms with E-state index in [0.29, 0.717) is 11.5 Å². The van der Waals surface area contributed by atoms with Crippen molar-refractivity contribution in [1.29, 1.82) is 0 Å². The van der Waals surface area contributed by atoms with Crippen molar-refractivity contribution >= 4 is 16.1 Å². The zero-order valence-corrected chi connectivity index (χ0v) is 15.4. The minimum atomic E-state index is -3.53. The van der Waals surface area contributed by atoms with Gasteiger partial charge in [-0.15, -0.1) is 0 Å². The summed E-state index contributed by atoms with van der Waals surface area (Å²) in [4.78, 5) is 12.4. The van der Waals surface area contributed by atoms with Crippen molar-refractivity contribution in [2.45, 2.75) is 50.1 Å². The van der Waals surface area contributed by atoms with Crippen LogP contribution in [-0.2, 0) is 16.6 Å². The third-order valence-electron chi connectivity index (χ3n) is 4.60. The Kier molecular flexibility index (Phi) is 6.23. The molecule has 2 rings (SSSR count). The van der Waals surface area contributed by atoms with E-state index < -0.39 is 10.0 Å². The largest absolute Gasteiger partial charge is 0.335 e. The highest BCUT2D eigenvalue weighted by Crippen LogP contribution is 2.23. The van der Waals surface area contributed by atoms with Gasteiger partial charge in [-0.2, -0.15) is 0 Å². The number of rotatable bonds is 5. The molecule has 2 amide bonds. The Labute approximate surface area is 144 Å². The number of amides is 2. The summed E-state index contributed by atoms with van der Waals surface area (Å²) in [7, 11) is -0.536. The molecule has 2 unspecified atom stereocenters. The van der Waals surface area contributed by atoms with Gasteiger partial charge < -0.3 is 10.6 Å². The molecular weight excluding hydrogens is 326 g/mol. The summed E-state index contributed by atoms with van der Waals surface area (Å²) in [5.41, 5.74) is 0.582. The second-order valence-corrected chi connectivity index (χ2v) is 8.71. The summed E-state index contributed by atoms with van der Waals surface area (Å²) in [5.74, 6) is 0.478. The van der Waals surface area contributed by atoms with Gasteiger partial charge in [-0.05, 0) is 30.4 Å². The lowest BCUT2D eigenvalue weighted by molar-refractivity contribution is 0.221. The van der Waals surface area contributed by atoms with Crippen LogP contribution in [0.1, 0.15) is 38.2 Å². The number of hydrogen-bond donors (Lipinski definition) is 2. The number of carbonyl (C=O) groups excluding carboxylic acids is 1. The summed E-state index contributed by atoms with van der Waals surface area (Å²) in [5, 5.41) is 5.80. The van der Waals surface area contributed by atoms with E-state index in [1.807, 2.05) is 0 Å². The number of hydrogen-bond acceptors (Lipinski definition) is 3. The number of carbonyl (C=O) groups is 1. The first-order chi connectivity index (χ1) is 11.3. The van der Waals surface area contributed by atoms with Gasteiger partial charge in [-0.1, -0.05) is 38.0 Å². The van der Waals surface area contributed by atoms with Crippen LogP contribution in [-0.4, -0.2) is 38.9 Å². The third kappa shape index (κ3) is 4.48. The molecule has 0 aliphatic heterocycles. The molecule has 24 heavy (non-hydrogen) atoms. The highest BCUT2D eigenvalue weighted by Gasteiger charge is 2.23. The SMILES string of the molecule is CC1CCCCC1NC(=O)NCc1ccccc1S(=O)(=O)N(C)C. The molecule has 134 valence electrons. The molecule has 1 aromatic rings. The van der Waals surface area contributed by atoms with Crippen LogP contribution in [0, 0.1) is 5.92 Å². The minimum Gasteiger partial charge on any atom is -0.335 e. The molecule has 0 bridgehead atoms. The van der Waals surface area contributed by atoms with E-state index in [1.54, 1.807) is 24.3 Å². The molecule has 0 heterocycles. The maximum atomic E-state index is 12.4. The average molecular weight is 353 g/mol. The maximum Gasteiger partial charge on any atom is 0.315 e. The fraction of sp³-hybridized carbons (Fsp3) is 0.588. The normalized spacial score (nSPS) is 21.5. The zero-order chi connectivity index (χ0) is 17.7. The standard InChI is InChI=1S/C17H27N3O3S/c1-13-8-4-6-10-15(13)19-17(21)18-12-14-9-5-7-11-16(14)24(22,23)20(2)3/h5,7,9,11,13,15H,4,6,8,10,12H2,1-3H3,(H2,18,19,21). The quantitative estimate of drug-likeness (QED) is 0.853. The summed E-state index contributed by atoms with van der Waals surface area (Å²) in [6.07, 6.45) is 4.49. The van der Waals surface area contributed by atoms with Gasteiger partial charge in [-0.25, -0.2) is 17.5 Å². The highest BCUT2D eigenvalue weighted by atomic mass is 32.2. The van der Waals surface area contributed by atoms with Crippen LogP contribution in [0.2, 0.25) is 0 Å². The van der Waals surface area contributed by atoms with Gasteiger partial charge in [0, 0.05) is 26.7 Å². The predicted molar refractivity (Wildman–Crippen MR) is 94.1 cm³/mol. The third-order valence-corrected chi connectivity index (χ3v) is 6.51. The highest BCUT2D eigenvalue weighted by molar-refractivity contribution is 7.89. The number of nitrogens with zero attached hydrogens (tertiary/aromatic N) is 1. The second kappa shape index (κ2) is 7.98. The molecule has 1 aliphatic carbocycles. The lowest BCUT2D eigenvalue weighted by Crippen LogP contribution is -2.45. The van der Waals surface area contributed by atoms with E-state index in [1.165, 1.54) is 24.8 Å². The number of nitrogens with one attached hydrogen (secondary N) is 2. The van der Waals surface area contributed by atoms with Crippen LogP contribution in [0.4, 0.5) is 4.79 Å². The van der Waals surface area contributed by atoms with E-state index >= 15 is 0 Å². The molecule has 0 saturated heterocycles.